The molecule has 0 aliphatic carbocycles. The summed E-state index contributed by atoms with van der Waals surface area (Å²) in [6, 6.07) is 12.4. The molecule has 236 valence electrons. The molecule has 0 saturated carbocycles. The largest absolute Gasteiger partial charge is 0.488 e. The number of H-pyrrole nitrogens is 1. The van der Waals surface area contributed by atoms with E-state index in [1.165, 1.54) is 18.3 Å². The zero-order valence-electron chi connectivity index (χ0n) is 24.8. The zero-order chi connectivity index (χ0) is 31.6. The normalized spacial score (nSPS) is 19.9. The molecular formula is C33H31FN6O6. The number of nitrogens with zero attached hydrogens (tertiary/aromatic N) is 3. The summed E-state index contributed by atoms with van der Waals surface area (Å²) in [5.41, 5.74) is 4.14. The first-order chi connectivity index (χ1) is 22.4. The van der Waals surface area contributed by atoms with Crippen LogP contribution in [0, 0.1) is 5.82 Å². The molecule has 13 heteroatoms. The molecule has 1 saturated heterocycles. The van der Waals surface area contributed by atoms with Crippen molar-refractivity contribution in [2.24, 2.45) is 0 Å². The number of fused-ring (bicyclic) bond motifs is 9. The lowest BCUT2D eigenvalue weighted by Gasteiger charge is -2.38. The first kappa shape index (κ1) is 29.4. The van der Waals surface area contributed by atoms with Crippen molar-refractivity contribution in [1.29, 1.82) is 0 Å². The number of halogens is 1. The molecule has 12 nitrogen and oxygen atoms in total. The monoisotopic (exact) mass is 626 g/mol. The van der Waals surface area contributed by atoms with E-state index in [0.717, 1.165) is 16.8 Å². The fourth-order valence-electron chi connectivity index (χ4n) is 5.94. The molecule has 2 atom stereocenters. The van der Waals surface area contributed by atoms with Gasteiger partial charge in [0.2, 0.25) is 0 Å². The van der Waals surface area contributed by atoms with Gasteiger partial charge < -0.3 is 29.7 Å². The molecule has 7 rings (SSSR count). The molecule has 46 heavy (non-hydrogen) atoms. The van der Waals surface area contributed by atoms with Crippen molar-refractivity contribution in [2.75, 3.05) is 26.3 Å². The zero-order valence-corrected chi connectivity index (χ0v) is 24.8. The Balaban J connectivity index is 1.21. The average molecular weight is 627 g/mol. The number of pyridine rings is 1. The lowest BCUT2D eigenvalue weighted by molar-refractivity contribution is -0.123. The minimum atomic E-state index is -0.662. The average Bonchev–Trinajstić information content (AvgIpc) is 3.51. The van der Waals surface area contributed by atoms with Crippen LogP contribution in [-0.4, -0.2) is 76.3 Å². The predicted octanol–water partition coefficient (Wildman–Crippen LogP) is 2.78. The molecule has 0 radical (unpaired) electrons. The van der Waals surface area contributed by atoms with Gasteiger partial charge in [0.05, 0.1) is 24.8 Å². The summed E-state index contributed by atoms with van der Waals surface area (Å²) in [4.78, 5) is 45.8. The summed E-state index contributed by atoms with van der Waals surface area (Å²) in [5.74, 6) is -0.909. The Bertz CT molecular complexity index is 1810. The van der Waals surface area contributed by atoms with Crippen molar-refractivity contribution in [3.05, 3.63) is 94.8 Å². The number of carbonyl (C=O) groups excluding carboxylic acids is 3. The lowest BCUT2D eigenvalue weighted by atomic mass is 9.99. The maximum atomic E-state index is 14.7. The van der Waals surface area contributed by atoms with Gasteiger partial charge >= 0.3 is 0 Å². The lowest BCUT2D eigenvalue weighted by Crippen LogP contribution is -2.58. The molecule has 4 aromatic rings. The van der Waals surface area contributed by atoms with Crippen LogP contribution in [0.5, 0.6) is 11.5 Å². The summed E-state index contributed by atoms with van der Waals surface area (Å²) in [5, 5.41) is 13.0. The van der Waals surface area contributed by atoms with Crippen LogP contribution in [0.25, 0.3) is 11.1 Å². The molecule has 1 fully saturated rings. The van der Waals surface area contributed by atoms with Gasteiger partial charge in [-0.05, 0) is 41.5 Å². The van der Waals surface area contributed by atoms with Gasteiger partial charge in [0.15, 0.2) is 12.3 Å². The number of ether oxygens (including phenoxy) is 3. The second-order valence-electron chi connectivity index (χ2n) is 11.5. The van der Waals surface area contributed by atoms with Crippen LogP contribution in [0.1, 0.15) is 44.1 Å². The van der Waals surface area contributed by atoms with Gasteiger partial charge in [0, 0.05) is 67.8 Å². The fraction of sp³-hybridized carbons (Fsp3) is 0.303. The van der Waals surface area contributed by atoms with Gasteiger partial charge in [-0.25, -0.2) is 4.39 Å². The summed E-state index contributed by atoms with van der Waals surface area (Å²) >= 11 is 0. The number of hydrogen-bond acceptors (Lipinski definition) is 8. The Morgan fingerprint density at radius 3 is 2.80 bits per heavy atom. The van der Waals surface area contributed by atoms with Crippen LogP contribution >= 0.6 is 0 Å². The van der Waals surface area contributed by atoms with Crippen molar-refractivity contribution in [2.45, 2.75) is 38.1 Å². The maximum absolute atomic E-state index is 14.7. The first-order valence-corrected chi connectivity index (χ1v) is 15.0. The summed E-state index contributed by atoms with van der Waals surface area (Å²) < 4.78 is 32.2. The van der Waals surface area contributed by atoms with Crippen molar-refractivity contribution >= 4 is 17.7 Å². The third-order valence-electron chi connectivity index (χ3n) is 8.30. The van der Waals surface area contributed by atoms with E-state index in [-0.39, 0.29) is 37.3 Å². The molecule has 3 amide bonds. The molecule has 0 spiro atoms. The number of nitrogens with one attached hydrogen (secondary N) is 3. The Morgan fingerprint density at radius 1 is 1.00 bits per heavy atom. The van der Waals surface area contributed by atoms with E-state index in [0.29, 0.717) is 60.7 Å². The number of benzene rings is 2. The van der Waals surface area contributed by atoms with E-state index in [9.17, 15) is 18.8 Å². The van der Waals surface area contributed by atoms with Gasteiger partial charge in [0.25, 0.3) is 17.7 Å². The van der Waals surface area contributed by atoms with Gasteiger partial charge in [-0.15, -0.1) is 0 Å². The number of rotatable bonds is 1. The van der Waals surface area contributed by atoms with Crippen LogP contribution in [0.15, 0.2) is 60.9 Å². The molecule has 6 bridgehead atoms. The highest BCUT2D eigenvalue weighted by molar-refractivity contribution is 5.96. The number of aromatic amines is 1. The van der Waals surface area contributed by atoms with Crippen LogP contribution in [0.4, 0.5) is 4.39 Å². The molecule has 0 unspecified atom stereocenters. The van der Waals surface area contributed by atoms with Crippen molar-refractivity contribution < 1.29 is 33.0 Å². The van der Waals surface area contributed by atoms with Gasteiger partial charge in [-0.1, -0.05) is 12.1 Å². The molecule has 5 heterocycles. The summed E-state index contributed by atoms with van der Waals surface area (Å²) in [7, 11) is 0. The Kier molecular flexibility index (Phi) is 8.06. The van der Waals surface area contributed by atoms with Crippen LogP contribution in [0.2, 0.25) is 0 Å². The van der Waals surface area contributed by atoms with Crippen molar-refractivity contribution in [3.8, 4) is 22.6 Å². The van der Waals surface area contributed by atoms with Crippen LogP contribution in [0.3, 0.4) is 0 Å². The van der Waals surface area contributed by atoms with Gasteiger partial charge in [-0.3, -0.25) is 24.5 Å². The molecule has 3 aliphatic heterocycles. The van der Waals surface area contributed by atoms with E-state index in [4.69, 9.17) is 14.2 Å². The predicted molar refractivity (Wildman–Crippen MR) is 162 cm³/mol. The van der Waals surface area contributed by atoms with E-state index >= 15 is 0 Å². The van der Waals surface area contributed by atoms with E-state index in [1.807, 2.05) is 6.07 Å². The second-order valence-corrected chi connectivity index (χ2v) is 11.5. The third kappa shape index (κ3) is 6.26. The Labute approximate surface area is 263 Å². The fourth-order valence-corrected chi connectivity index (χ4v) is 5.94. The number of carbonyl (C=O) groups is 3. The smallest absolute Gasteiger partial charge is 0.274 e. The van der Waals surface area contributed by atoms with Crippen molar-refractivity contribution in [1.82, 2.24) is 30.7 Å². The van der Waals surface area contributed by atoms with E-state index in [2.05, 4.69) is 25.8 Å². The van der Waals surface area contributed by atoms with Crippen LogP contribution in [-0.2, 0) is 29.1 Å². The maximum Gasteiger partial charge on any atom is 0.274 e. The quantitative estimate of drug-likeness (QED) is 0.292. The molecule has 2 aromatic carbocycles. The number of piperidine rings is 1. The SMILES string of the molecule is O=C1COc2cccc(c2)-c2cncc(c2)C(=O)N[C@@H]2CN(C(=O)c3n[nH]c4c3COCC4)CC[C@@H]2Oc2cc(F)cc(c2)CN1. The summed E-state index contributed by atoms with van der Waals surface area (Å²) in [6.45, 7) is 1.12. The third-order valence-corrected chi connectivity index (χ3v) is 8.30. The Hall–Kier alpha value is -5.30. The number of amides is 3. The number of likely N-dealkylation sites (tertiary alicyclic amines) is 1. The Morgan fingerprint density at radius 2 is 1.89 bits per heavy atom. The number of hydrogen-bond donors (Lipinski definition) is 3. The van der Waals surface area contributed by atoms with E-state index < -0.39 is 23.9 Å². The van der Waals surface area contributed by atoms with Crippen LogP contribution < -0.4 is 20.1 Å². The highest BCUT2D eigenvalue weighted by Crippen LogP contribution is 2.27. The highest BCUT2D eigenvalue weighted by Gasteiger charge is 2.36. The first-order valence-electron chi connectivity index (χ1n) is 15.0. The molecule has 2 aromatic heterocycles. The minimum absolute atomic E-state index is 0.0542. The van der Waals surface area contributed by atoms with Gasteiger partial charge in [-0.2, -0.15) is 5.10 Å². The highest BCUT2D eigenvalue weighted by atomic mass is 19.1. The topological polar surface area (TPSA) is 148 Å². The molecular weight excluding hydrogens is 595 g/mol. The van der Waals surface area contributed by atoms with Crippen molar-refractivity contribution in [3.63, 3.8) is 0 Å². The molecule has 3 N–H and O–H groups in total. The second kappa shape index (κ2) is 12.6. The number of aromatic nitrogens is 3. The van der Waals surface area contributed by atoms with E-state index in [1.54, 1.807) is 41.4 Å². The standard InChI is InChI=1S/C33H31FN6O6/c34-23-8-19-9-25(12-23)46-29-4-6-40(33(43)31-26-17-44-7-5-27(26)38-39-31)16-28(29)37-32(42)22-10-21(14-35-15-22)20-2-1-3-24(11-20)45-18-30(41)36-13-19/h1-3,8-12,14-15,28-29H,4-7,13,16-18H2,(H,36,41)(H,37,42)(H,38,39)/t28-,29+/m1/s1. The molecule has 3 aliphatic rings. The minimum Gasteiger partial charge on any atom is -0.488 e. The summed E-state index contributed by atoms with van der Waals surface area (Å²) in [6.07, 6.45) is 3.49. The van der Waals surface area contributed by atoms with Gasteiger partial charge in [0.1, 0.15) is 23.4 Å².